The standard InChI is InChI=1S/C15H30/c1-3-5-7-9-11-13-15-14-12-10-8-6-4-2/h3,7H,4-6,8-15H2,1-2H3. The molecule has 15 heavy (non-hydrogen) atoms. The second-order valence-corrected chi connectivity index (χ2v) is 4.55. The molecule has 0 aromatic carbocycles. The first-order chi connectivity index (χ1) is 7.41. The molecule has 0 saturated heterocycles. The quantitative estimate of drug-likeness (QED) is 0.361. The molecule has 0 N–H and O–H groups in total. The molecule has 0 spiro atoms. The van der Waals surface area contributed by atoms with Crippen molar-refractivity contribution < 1.29 is 0 Å². The van der Waals surface area contributed by atoms with Gasteiger partial charge >= 0.3 is 0 Å². The molecule has 0 unspecified atom stereocenters. The van der Waals surface area contributed by atoms with Gasteiger partial charge < -0.3 is 0 Å². The maximum atomic E-state index is 2.40. The summed E-state index contributed by atoms with van der Waals surface area (Å²) in [6.07, 6.45) is 20.1. The molecule has 0 heteroatoms. The van der Waals surface area contributed by atoms with Crippen molar-refractivity contribution in [3.63, 3.8) is 0 Å². The highest BCUT2D eigenvalue weighted by Gasteiger charge is 1.92. The molecule has 0 saturated carbocycles. The van der Waals surface area contributed by atoms with Crippen LogP contribution in [0.5, 0.6) is 0 Å². The molecule has 0 aromatic heterocycles. The van der Waals surface area contributed by atoms with E-state index in [2.05, 4.69) is 26.7 Å². The van der Waals surface area contributed by atoms with Crippen LogP contribution in [0.25, 0.3) is 0 Å². The number of hydrogen-bond acceptors (Lipinski definition) is 0. The summed E-state index contributed by atoms with van der Waals surface area (Å²) in [6, 6.07) is 0. The fraction of sp³-hybridized carbons (Fsp3) is 0.867. The molecule has 0 aromatic rings. The number of rotatable bonds is 12. The molecule has 90 valence electrons. The summed E-state index contributed by atoms with van der Waals surface area (Å²) >= 11 is 0. The third kappa shape index (κ3) is 14.0. The number of unbranched alkanes of at least 4 members (excludes halogenated alkanes) is 12. The van der Waals surface area contributed by atoms with Crippen LogP contribution in [0.2, 0.25) is 0 Å². The van der Waals surface area contributed by atoms with Gasteiger partial charge in [0.05, 0.1) is 0 Å². The van der Waals surface area contributed by atoms with Crippen LogP contribution >= 0.6 is 0 Å². The fourth-order valence-electron chi connectivity index (χ4n) is 1.88. The predicted octanol–water partition coefficient (Wildman–Crippen LogP) is 5.73. The van der Waals surface area contributed by atoms with E-state index in [0.717, 1.165) is 0 Å². The van der Waals surface area contributed by atoms with Gasteiger partial charge in [-0.15, -0.1) is 0 Å². The van der Waals surface area contributed by atoms with Crippen LogP contribution in [0.15, 0.2) is 0 Å². The molecular formula is C15H30. The van der Waals surface area contributed by atoms with E-state index in [1.807, 2.05) is 0 Å². The Hall–Kier alpha value is 0. The second-order valence-electron chi connectivity index (χ2n) is 4.55. The van der Waals surface area contributed by atoms with Gasteiger partial charge in [-0.1, -0.05) is 78.1 Å². The van der Waals surface area contributed by atoms with Crippen molar-refractivity contribution >= 4 is 0 Å². The Morgan fingerprint density at radius 1 is 0.733 bits per heavy atom. The lowest BCUT2D eigenvalue weighted by atomic mass is 10.1. The van der Waals surface area contributed by atoms with Crippen molar-refractivity contribution in [1.82, 2.24) is 0 Å². The minimum absolute atomic E-state index is 1.19. The first-order valence-corrected chi connectivity index (χ1v) is 7.01. The normalized spacial score (nSPS) is 10.8. The van der Waals surface area contributed by atoms with E-state index in [1.54, 1.807) is 0 Å². The van der Waals surface area contributed by atoms with Gasteiger partial charge in [-0.2, -0.15) is 0 Å². The van der Waals surface area contributed by atoms with E-state index in [9.17, 15) is 0 Å². The molecule has 0 aliphatic carbocycles. The van der Waals surface area contributed by atoms with Gasteiger partial charge in [-0.05, 0) is 19.3 Å². The van der Waals surface area contributed by atoms with Gasteiger partial charge in [0, 0.05) is 0 Å². The van der Waals surface area contributed by atoms with Crippen LogP contribution in [-0.4, -0.2) is 0 Å². The predicted molar refractivity (Wildman–Crippen MR) is 70.7 cm³/mol. The molecule has 0 aliphatic heterocycles. The SMILES string of the molecule is C[CH]C[CH]CCCCCCCCCCC. The van der Waals surface area contributed by atoms with E-state index in [-0.39, 0.29) is 0 Å². The Bertz CT molecular complexity index is 84.2. The lowest BCUT2D eigenvalue weighted by molar-refractivity contribution is 0.563. The first kappa shape index (κ1) is 15.0. The third-order valence-electron chi connectivity index (χ3n) is 2.91. The van der Waals surface area contributed by atoms with Gasteiger partial charge in [0.25, 0.3) is 0 Å². The van der Waals surface area contributed by atoms with E-state index >= 15 is 0 Å². The van der Waals surface area contributed by atoms with Crippen molar-refractivity contribution in [3.8, 4) is 0 Å². The highest BCUT2D eigenvalue weighted by molar-refractivity contribution is 4.71. The zero-order valence-corrected chi connectivity index (χ0v) is 10.9. The van der Waals surface area contributed by atoms with Crippen LogP contribution in [0.4, 0.5) is 0 Å². The third-order valence-corrected chi connectivity index (χ3v) is 2.91. The van der Waals surface area contributed by atoms with Crippen LogP contribution in [0.1, 0.15) is 84.5 Å². The monoisotopic (exact) mass is 210 g/mol. The summed E-state index contributed by atoms with van der Waals surface area (Å²) < 4.78 is 0. The highest BCUT2D eigenvalue weighted by Crippen LogP contribution is 2.11. The Morgan fingerprint density at radius 2 is 1.27 bits per heavy atom. The molecule has 0 fully saturated rings. The fourth-order valence-corrected chi connectivity index (χ4v) is 1.88. The van der Waals surface area contributed by atoms with E-state index in [1.165, 1.54) is 70.6 Å². The van der Waals surface area contributed by atoms with E-state index in [4.69, 9.17) is 0 Å². The van der Waals surface area contributed by atoms with E-state index in [0.29, 0.717) is 0 Å². The van der Waals surface area contributed by atoms with Crippen molar-refractivity contribution in [2.24, 2.45) is 0 Å². The van der Waals surface area contributed by atoms with Gasteiger partial charge in [-0.3, -0.25) is 0 Å². The number of hydrogen-bond donors (Lipinski definition) is 0. The molecule has 0 heterocycles. The maximum Gasteiger partial charge on any atom is -0.0383 e. The lowest BCUT2D eigenvalue weighted by Gasteiger charge is -2.01. The smallest absolute Gasteiger partial charge is 0.0383 e. The van der Waals surface area contributed by atoms with Gasteiger partial charge in [0.15, 0.2) is 0 Å². The van der Waals surface area contributed by atoms with Gasteiger partial charge in [0.2, 0.25) is 0 Å². The maximum absolute atomic E-state index is 2.40. The highest BCUT2D eigenvalue weighted by atomic mass is 14.0. The van der Waals surface area contributed by atoms with Crippen LogP contribution in [0.3, 0.4) is 0 Å². The molecule has 0 atom stereocenters. The minimum atomic E-state index is 1.19. The first-order valence-electron chi connectivity index (χ1n) is 7.01. The zero-order valence-electron chi connectivity index (χ0n) is 10.9. The molecule has 0 amide bonds. The molecule has 2 radical (unpaired) electrons. The summed E-state index contributed by atoms with van der Waals surface area (Å²) in [4.78, 5) is 0. The van der Waals surface area contributed by atoms with Crippen molar-refractivity contribution in [2.75, 3.05) is 0 Å². The summed E-state index contributed by atoms with van der Waals surface area (Å²) in [5.41, 5.74) is 0. The summed E-state index contributed by atoms with van der Waals surface area (Å²) in [5, 5.41) is 0. The molecule has 0 aliphatic rings. The Kier molecular flexibility index (Phi) is 14.0. The van der Waals surface area contributed by atoms with Crippen molar-refractivity contribution in [1.29, 1.82) is 0 Å². The van der Waals surface area contributed by atoms with Crippen molar-refractivity contribution in [3.05, 3.63) is 12.8 Å². The van der Waals surface area contributed by atoms with Crippen LogP contribution in [0, 0.1) is 12.8 Å². The Labute approximate surface area is 97.8 Å². The Balaban J connectivity index is 2.81. The zero-order chi connectivity index (χ0) is 11.2. The molecule has 0 bridgehead atoms. The summed E-state index contributed by atoms with van der Waals surface area (Å²) in [5.74, 6) is 0. The van der Waals surface area contributed by atoms with E-state index < -0.39 is 0 Å². The summed E-state index contributed by atoms with van der Waals surface area (Å²) in [6.45, 7) is 4.41. The second kappa shape index (κ2) is 14.0. The molecular weight excluding hydrogens is 180 g/mol. The lowest BCUT2D eigenvalue weighted by Crippen LogP contribution is -1.82. The average molecular weight is 210 g/mol. The van der Waals surface area contributed by atoms with Crippen LogP contribution in [-0.2, 0) is 0 Å². The largest absolute Gasteiger partial charge is 0.0654 e. The summed E-state index contributed by atoms with van der Waals surface area (Å²) in [7, 11) is 0. The van der Waals surface area contributed by atoms with Gasteiger partial charge in [-0.25, -0.2) is 0 Å². The van der Waals surface area contributed by atoms with Gasteiger partial charge in [0.1, 0.15) is 0 Å². The van der Waals surface area contributed by atoms with Crippen molar-refractivity contribution in [2.45, 2.75) is 84.5 Å². The van der Waals surface area contributed by atoms with Crippen LogP contribution < -0.4 is 0 Å². The molecule has 0 rings (SSSR count). The molecule has 0 nitrogen and oxygen atoms in total. The topological polar surface area (TPSA) is 0 Å². The minimum Gasteiger partial charge on any atom is -0.0654 e. The average Bonchev–Trinajstić information content (AvgIpc) is 2.26. The Morgan fingerprint density at radius 3 is 1.80 bits per heavy atom.